The van der Waals surface area contributed by atoms with Gasteiger partial charge in [0.25, 0.3) is 0 Å². The Morgan fingerprint density at radius 1 is 1.29 bits per heavy atom. The van der Waals surface area contributed by atoms with E-state index in [9.17, 15) is 4.39 Å². The molecule has 1 atom stereocenters. The number of alkyl halides is 1. The fourth-order valence-corrected chi connectivity index (χ4v) is 2.62. The molecule has 0 spiro atoms. The van der Waals surface area contributed by atoms with Crippen LogP contribution in [-0.4, -0.2) is 5.88 Å². The van der Waals surface area contributed by atoms with E-state index >= 15 is 0 Å². The van der Waals surface area contributed by atoms with Crippen molar-refractivity contribution in [3.8, 4) is 0 Å². The van der Waals surface area contributed by atoms with E-state index in [0.717, 1.165) is 12.8 Å². The molecule has 1 aliphatic carbocycles. The molecule has 1 aliphatic rings. The van der Waals surface area contributed by atoms with Gasteiger partial charge in [-0.15, -0.1) is 11.6 Å². The van der Waals surface area contributed by atoms with Gasteiger partial charge in [-0.25, -0.2) is 4.39 Å². The van der Waals surface area contributed by atoms with Crippen LogP contribution in [-0.2, 0) is 6.42 Å². The van der Waals surface area contributed by atoms with Crippen molar-refractivity contribution >= 4 is 11.6 Å². The molecule has 92 valence electrons. The minimum Gasteiger partial charge on any atom is -0.207 e. The first-order valence-electron chi connectivity index (χ1n) is 6.22. The zero-order valence-electron chi connectivity index (χ0n) is 10.2. The van der Waals surface area contributed by atoms with Crippen molar-refractivity contribution < 1.29 is 4.39 Å². The van der Waals surface area contributed by atoms with Crippen molar-refractivity contribution in [1.82, 2.24) is 0 Å². The van der Waals surface area contributed by atoms with Crippen molar-refractivity contribution in [1.29, 1.82) is 0 Å². The normalized spacial score (nSPS) is 15.8. The summed E-state index contributed by atoms with van der Waals surface area (Å²) in [6, 6.07) is 6.79. The highest BCUT2D eigenvalue weighted by molar-refractivity contribution is 6.19. The number of aryl methyl sites for hydroxylation is 1. The van der Waals surface area contributed by atoms with Crippen LogP contribution in [0.5, 0.6) is 0 Å². The summed E-state index contributed by atoms with van der Waals surface area (Å²) in [7, 11) is 0. The van der Waals surface area contributed by atoms with Gasteiger partial charge in [-0.05, 0) is 49.3 Å². The minimum absolute atomic E-state index is 0.164. The largest absolute Gasteiger partial charge is 0.207 e. The highest BCUT2D eigenvalue weighted by Crippen LogP contribution is 2.36. The Balaban J connectivity index is 1.89. The average molecular weight is 253 g/mol. The van der Waals surface area contributed by atoms with Gasteiger partial charge >= 0.3 is 0 Å². The summed E-state index contributed by atoms with van der Waals surface area (Å²) < 4.78 is 12.8. The molecule has 0 radical (unpaired) electrons. The van der Waals surface area contributed by atoms with Crippen molar-refractivity contribution in [3.63, 3.8) is 0 Å². The van der Waals surface area contributed by atoms with Crippen molar-refractivity contribution in [3.05, 3.63) is 46.8 Å². The predicted octanol–water partition coefficient (Wildman–Crippen LogP) is 4.72. The number of hydrogen-bond donors (Lipinski definition) is 0. The Morgan fingerprint density at radius 2 is 1.94 bits per heavy atom. The van der Waals surface area contributed by atoms with Gasteiger partial charge in [0.2, 0.25) is 0 Å². The third-order valence-corrected chi connectivity index (χ3v) is 3.76. The maximum absolute atomic E-state index is 12.8. The number of benzene rings is 1. The molecule has 0 heterocycles. The van der Waals surface area contributed by atoms with Crippen LogP contribution in [0.1, 0.15) is 31.7 Å². The Hall–Kier alpha value is -0.820. The predicted molar refractivity (Wildman–Crippen MR) is 70.9 cm³/mol. The smallest absolute Gasteiger partial charge is 0.123 e. The van der Waals surface area contributed by atoms with E-state index < -0.39 is 0 Å². The standard InChI is InChI=1S/C15H18ClF/c1-11(15(10-16)13-6-7-13)2-3-12-4-8-14(17)9-5-12/h4-5,8-9,11H,2-3,6-7,10H2,1H3. The van der Waals surface area contributed by atoms with Crippen LogP contribution in [0.4, 0.5) is 4.39 Å². The first kappa shape index (κ1) is 12.6. The van der Waals surface area contributed by atoms with Crippen LogP contribution >= 0.6 is 11.6 Å². The molecule has 1 unspecified atom stereocenters. The lowest BCUT2D eigenvalue weighted by molar-refractivity contribution is 0.607. The second-order valence-electron chi connectivity index (χ2n) is 4.83. The fraction of sp³-hybridized carbons (Fsp3) is 0.467. The van der Waals surface area contributed by atoms with Crippen LogP contribution in [0.15, 0.2) is 35.4 Å². The molecule has 0 bridgehead atoms. The molecule has 0 saturated heterocycles. The molecule has 0 aliphatic heterocycles. The van der Waals surface area contributed by atoms with Gasteiger partial charge in [0.15, 0.2) is 0 Å². The molecule has 2 rings (SSSR count). The average Bonchev–Trinajstić information content (AvgIpc) is 3.14. The highest BCUT2D eigenvalue weighted by atomic mass is 35.5. The molecule has 0 N–H and O–H groups in total. The third-order valence-electron chi connectivity index (χ3n) is 3.47. The lowest BCUT2D eigenvalue weighted by Crippen LogP contribution is -2.03. The summed E-state index contributed by atoms with van der Waals surface area (Å²) in [5.74, 6) is 1.05. The Kier molecular flexibility index (Phi) is 4.22. The molecule has 1 aromatic carbocycles. The van der Waals surface area contributed by atoms with Crippen LogP contribution in [0.3, 0.4) is 0 Å². The van der Waals surface area contributed by atoms with Crippen LogP contribution in [0.2, 0.25) is 0 Å². The SMILES string of the molecule is CC(CCc1ccc(F)cc1)C(CCl)=C1CC1. The minimum atomic E-state index is -0.164. The molecule has 2 heteroatoms. The van der Waals surface area contributed by atoms with E-state index in [-0.39, 0.29) is 5.82 Å². The van der Waals surface area contributed by atoms with Gasteiger partial charge < -0.3 is 0 Å². The molecule has 1 aromatic rings. The fourth-order valence-electron chi connectivity index (χ4n) is 2.17. The zero-order valence-corrected chi connectivity index (χ0v) is 10.9. The van der Waals surface area contributed by atoms with Gasteiger partial charge in [0, 0.05) is 5.88 Å². The molecular formula is C15H18ClF. The monoisotopic (exact) mass is 252 g/mol. The lowest BCUT2D eigenvalue weighted by atomic mass is 9.94. The summed E-state index contributed by atoms with van der Waals surface area (Å²) in [5.41, 5.74) is 4.20. The molecular weight excluding hydrogens is 235 g/mol. The van der Waals surface area contributed by atoms with Gasteiger partial charge in [-0.1, -0.05) is 30.2 Å². The summed E-state index contributed by atoms with van der Waals surface area (Å²) in [6.07, 6.45) is 4.57. The molecule has 0 aromatic heterocycles. The Labute approximate surface area is 107 Å². The molecule has 17 heavy (non-hydrogen) atoms. The maximum atomic E-state index is 12.8. The molecule has 1 saturated carbocycles. The maximum Gasteiger partial charge on any atom is 0.123 e. The number of rotatable bonds is 5. The summed E-state index contributed by atoms with van der Waals surface area (Å²) in [5, 5.41) is 0. The van der Waals surface area contributed by atoms with Gasteiger partial charge in [-0.2, -0.15) is 0 Å². The van der Waals surface area contributed by atoms with Crippen molar-refractivity contribution in [2.75, 3.05) is 5.88 Å². The summed E-state index contributed by atoms with van der Waals surface area (Å²) in [4.78, 5) is 0. The van der Waals surface area contributed by atoms with Crippen LogP contribution in [0.25, 0.3) is 0 Å². The Bertz CT molecular complexity index is 399. The second-order valence-corrected chi connectivity index (χ2v) is 5.10. The first-order chi connectivity index (χ1) is 8.20. The molecule has 0 nitrogen and oxygen atoms in total. The van der Waals surface area contributed by atoms with Crippen LogP contribution < -0.4 is 0 Å². The second kappa shape index (κ2) is 5.68. The number of halogens is 2. The van der Waals surface area contributed by atoms with E-state index in [2.05, 4.69) is 6.92 Å². The Morgan fingerprint density at radius 3 is 2.47 bits per heavy atom. The van der Waals surface area contributed by atoms with E-state index in [4.69, 9.17) is 11.6 Å². The lowest BCUT2D eigenvalue weighted by Gasteiger charge is -2.13. The van der Waals surface area contributed by atoms with Crippen molar-refractivity contribution in [2.45, 2.75) is 32.6 Å². The molecule has 1 fully saturated rings. The van der Waals surface area contributed by atoms with E-state index in [1.165, 1.54) is 36.1 Å². The first-order valence-corrected chi connectivity index (χ1v) is 6.75. The van der Waals surface area contributed by atoms with E-state index in [0.29, 0.717) is 11.8 Å². The van der Waals surface area contributed by atoms with E-state index in [1.807, 2.05) is 12.1 Å². The van der Waals surface area contributed by atoms with Gasteiger partial charge in [-0.3, -0.25) is 0 Å². The topological polar surface area (TPSA) is 0 Å². The van der Waals surface area contributed by atoms with E-state index in [1.54, 1.807) is 5.57 Å². The number of hydrogen-bond acceptors (Lipinski definition) is 0. The molecule has 0 amide bonds. The highest BCUT2D eigenvalue weighted by Gasteiger charge is 2.20. The van der Waals surface area contributed by atoms with Crippen LogP contribution in [0, 0.1) is 11.7 Å². The van der Waals surface area contributed by atoms with Gasteiger partial charge in [0.1, 0.15) is 5.82 Å². The van der Waals surface area contributed by atoms with Crippen molar-refractivity contribution in [2.24, 2.45) is 5.92 Å². The summed E-state index contributed by atoms with van der Waals surface area (Å²) >= 11 is 5.99. The quantitative estimate of drug-likeness (QED) is 0.525. The van der Waals surface area contributed by atoms with Gasteiger partial charge in [0.05, 0.1) is 0 Å². The number of allylic oxidation sites excluding steroid dienone is 2. The third kappa shape index (κ3) is 3.57. The summed E-state index contributed by atoms with van der Waals surface area (Å²) in [6.45, 7) is 2.24. The zero-order chi connectivity index (χ0) is 12.3.